The molecular formula is C34H36N4O4. The number of methoxy groups -OCH3 is 1. The lowest BCUT2D eigenvalue weighted by Crippen LogP contribution is -2.48. The minimum absolute atomic E-state index is 0.0133. The Labute approximate surface area is 246 Å². The van der Waals surface area contributed by atoms with Gasteiger partial charge in [-0.3, -0.25) is 14.6 Å². The van der Waals surface area contributed by atoms with Crippen LogP contribution in [0.15, 0.2) is 85.2 Å². The van der Waals surface area contributed by atoms with Crippen molar-refractivity contribution >= 4 is 23.2 Å². The Morgan fingerprint density at radius 2 is 1.52 bits per heavy atom. The van der Waals surface area contributed by atoms with Gasteiger partial charge in [-0.1, -0.05) is 26.8 Å². The zero-order chi connectivity index (χ0) is 29.9. The molecule has 0 aliphatic carbocycles. The van der Waals surface area contributed by atoms with Crippen molar-refractivity contribution in [1.82, 2.24) is 9.88 Å². The van der Waals surface area contributed by atoms with Crippen molar-refractivity contribution in [3.05, 3.63) is 102 Å². The van der Waals surface area contributed by atoms with Crippen LogP contribution in [0, 0.1) is 0 Å². The third-order valence-corrected chi connectivity index (χ3v) is 7.51. The normalized spacial score (nSPS) is 13.5. The predicted octanol–water partition coefficient (Wildman–Crippen LogP) is 5.98. The van der Waals surface area contributed by atoms with Gasteiger partial charge in [0.15, 0.2) is 0 Å². The van der Waals surface area contributed by atoms with E-state index in [0.717, 1.165) is 28.1 Å². The summed E-state index contributed by atoms with van der Waals surface area (Å²) in [5.41, 5.74) is 5.40. The maximum atomic E-state index is 13.7. The maximum Gasteiger partial charge on any atom is 0.255 e. The average molecular weight is 565 g/mol. The van der Waals surface area contributed by atoms with E-state index in [0.29, 0.717) is 43.0 Å². The van der Waals surface area contributed by atoms with Crippen molar-refractivity contribution in [1.29, 1.82) is 0 Å². The molecule has 2 N–H and O–H groups in total. The topological polar surface area (TPSA) is 95.0 Å². The SMILES string of the molecule is COc1ccc(NC(=O)c2ccc(N3CCN(C(=O)c4cc(-c5cncc(O)c5)cc(C(C)(C)C)c4)CC3)cc2)cc1. The highest BCUT2D eigenvalue weighted by Crippen LogP contribution is 2.31. The highest BCUT2D eigenvalue weighted by Gasteiger charge is 2.25. The van der Waals surface area contributed by atoms with Gasteiger partial charge in [-0.15, -0.1) is 0 Å². The molecule has 1 aromatic heterocycles. The number of aromatic hydroxyl groups is 1. The first-order chi connectivity index (χ1) is 20.1. The smallest absolute Gasteiger partial charge is 0.255 e. The fraction of sp³-hybridized carbons (Fsp3) is 0.265. The first kappa shape index (κ1) is 28.7. The summed E-state index contributed by atoms with van der Waals surface area (Å²) in [5.74, 6) is 0.623. The summed E-state index contributed by atoms with van der Waals surface area (Å²) in [6.45, 7) is 8.90. The fourth-order valence-electron chi connectivity index (χ4n) is 4.99. The van der Waals surface area contributed by atoms with Crippen LogP contribution in [0.2, 0.25) is 0 Å². The van der Waals surface area contributed by atoms with Gasteiger partial charge in [-0.2, -0.15) is 0 Å². The van der Waals surface area contributed by atoms with Crippen molar-refractivity contribution < 1.29 is 19.4 Å². The van der Waals surface area contributed by atoms with E-state index in [4.69, 9.17) is 4.74 Å². The molecule has 2 amide bonds. The lowest BCUT2D eigenvalue weighted by Gasteiger charge is -2.36. The molecule has 0 saturated carbocycles. The molecule has 42 heavy (non-hydrogen) atoms. The minimum atomic E-state index is -0.180. The number of ether oxygens (including phenoxy) is 1. The largest absolute Gasteiger partial charge is 0.506 e. The molecule has 216 valence electrons. The molecule has 1 aliphatic heterocycles. The first-order valence-electron chi connectivity index (χ1n) is 14.0. The van der Waals surface area contributed by atoms with Gasteiger partial charge in [-0.25, -0.2) is 0 Å². The van der Waals surface area contributed by atoms with Crippen LogP contribution in [0.25, 0.3) is 11.1 Å². The van der Waals surface area contributed by atoms with Crippen molar-refractivity contribution in [2.24, 2.45) is 0 Å². The second-order valence-corrected chi connectivity index (χ2v) is 11.5. The quantitative estimate of drug-likeness (QED) is 0.299. The Hall–Kier alpha value is -4.85. The van der Waals surface area contributed by atoms with Crippen LogP contribution in [-0.4, -0.2) is 60.1 Å². The Morgan fingerprint density at radius 3 is 2.14 bits per heavy atom. The Balaban J connectivity index is 1.24. The zero-order valence-electron chi connectivity index (χ0n) is 24.4. The summed E-state index contributed by atoms with van der Waals surface area (Å²) in [7, 11) is 1.60. The third-order valence-electron chi connectivity index (χ3n) is 7.51. The lowest BCUT2D eigenvalue weighted by molar-refractivity contribution is 0.0746. The van der Waals surface area contributed by atoms with Crippen LogP contribution in [0.4, 0.5) is 11.4 Å². The second-order valence-electron chi connectivity index (χ2n) is 11.5. The van der Waals surface area contributed by atoms with E-state index in [1.54, 1.807) is 43.6 Å². The molecule has 1 aliphatic rings. The molecule has 0 unspecified atom stereocenters. The number of rotatable bonds is 6. The number of carbonyl (C=O) groups is 2. The monoisotopic (exact) mass is 564 g/mol. The molecular weight excluding hydrogens is 528 g/mol. The molecule has 0 atom stereocenters. The van der Waals surface area contributed by atoms with E-state index in [9.17, 15) is 14.7 Å². The molecule has 8 heteroatoms. The van der Waals surface area contributed by atoms with Crippen molar-refractivity contribution in [3.63, 3.8) is 0 Å². The summed E-state index contributed by atoms with van der Waals surface area (Å²) in [4.78, 5) is 34.6. The van der Waals surface area contributed by atoms with Crippen LogP contribution >= 0.6 is 0 Å². The Kier molecular flexibility index (Phi) is 8.15. The highest BCUT2D eigenvalue weighted by molar-refractivity contribution is 6.04. The molecule has 1 fully saturated rings. The predicted molar refractivity (Wildman–Crippen MR) is 166 cm³/mol. The van der Waals surface area contributed by atoms with Gasteiger partial charge in [0.25, 0.3) is 11.8 Å². The molecule has 0 radical (unpaired) electrons. The average Bonchev–Trinajstić information content (AvgIpc) is 3.00. The number of amides is 2. The third kappa shape index (κ3) is 6.54. The van der Waals surface area contributed by atoms with Crippen LogP contribution < -0.4 is 15.0 Å². The van der Waals surface area contributed by atoms with E-state index >= 15 is 0 Å². The van der Waals surface area contributed by atoms with E-state index < -0.39 is 0 Å². The molecule has 0 bridgehead atoms. The van der Waals surface area contributed by atoms with E-state index in [2.05, 4.69) is 42.0 Å². The van der Waals surface area contributed by atoms with Crippen LogP contribution in [0.1, 0.15) is 47.1 Å². The number of carbonyl (C=O) groups excluding carboxylic acids is 2. The van der Waals surface area contributed by atoms with E-state index in [1.807, 2.05) is 41.3 Å². The highest BCUT2D eigenvalue weighted by atomic mass is 16.5. The molecule has 3 aromatic carbocycles. The summed E-state index contributed by atoms with van der Waals surface area (Å²) >= 11 is 0. The number of anilines is 2. The molecule has 4 aromatic rings. The van der Waals surface area contributed by atoms with Crippen LogP contribution in [0.5, 0.6) is 11.5 Å². The number of nitrogens with one attached hydrogen (secondary N) is 1. The summed E-state index contributed by atoms with van der Waals surface area (Å²) in [5, 5.41) is 12.9. The molecule has 2 heterocycles. The molecule has 0 spiro atoms. The van der Waals surface area contributed by atoms with Crippen molar-refractivity contribution in [3.8, 4) is 22.6 Å². The van der Waals surface area contributed by atoms with Gasteiger partial charge in [0.1, 0.15) is 11.5 Å². The van der Waals surface area contributed by atoms with Crippen molar-refractivity contribution in [2.45, 2.75) is 26.2 Å². The lowest BCUT2D eigenvalue weighted by atomic mass is 9.84. The van der Waals surface area contributed by atoms with Crippen molar-refractivity contribution in [2.75, 3.05) is 43.5 Å². The van der Waals surface area contributed by atoms with Crippen LogP contribution in [-0.2, 0) is 5.41 Å². The standard InChI is InChI=1S/C34H36N4O4/c1-34(2,3)27-18-24(26-20-30(39)22-35-21-26)17-25(19-27)33(41)38-15-13-37(14-16-38)29-9-5-23(6-10-29)32(40)36-28-7-11-31(42-4)12-8-28/h5-12,17-22,39H,13-16H2,1-4H3,(H,36,40). The second kappa shape index (κ2) is 11.9. The van der Waals surface area contributed by atoms with Gasteiger partial charge in [0.2, 0.25) is 0 Å². The maximum absolute atomic E-state index is 13.7. The van der Waals surface area contributed by atoms with Gasteiger partial charge in [-0.05, 0) is 83.3 Å². The van der Waals surface area contributed by atoms with Crippen LogP contribution in [0.3, 0.4) is 0 Å². The Bertz CT molecular complexity index is 1570. The van der Waals surface area contributed by atoms with Gasteiger partial charge in [0.05, 0.1) is 13.3 Å². The fourth-order valence-corrected chi connectivity index (χ4v) is 4.99. The van der Waals surface area contributed by atoms with Gasteiger partial charge in [0, 0.05) is 60.4 Å². The molecule has 1 saturated heterocycles. The Morgan fingerprint density at radius 1 is 0.833 bits per heavy atom. The van der Waals surface area contributed by atoms with E-state index in [-0.39, 0.29) is 23.0 Å². The number of piperazine rings is 1. The van der Waals surface area contributed by atoms with Gasteiger partial charge < -0.3 is 25.0 Å². The number of nitrogens with zero attached hydrogens (tertiary/aromatic N) is 3. The number of hydrogen-bond donors (Lipinski definition) is 2. The molecule has 8 nitrogen and oxygen atoms in total. The minimum Gasteiger partial charge on any atom is -0.506 e. The summed E-state index contributed by atoms with van der Waals surface area (Å²) in [6.07, 6.45) is 3.09. The van der Waals surface area contributed by atoms with Gasteiger partial charge >= 0.3 is 0 Å². The molecule has 5 rings (SSSR count). The summed E-state index contributed by atoms with van der Waals surface area (Å²) in [6, 6.07) is 22.3. The number of benzene rings is 3. The first-order valence-corrected chi connectivity index (χ1v) is 14.0. The number of aromatic nitrogens is 1. The number of pyridine rings is 1. The number of hydrogen-bond acceptors (Lipinski definition) is 6. The van der Waals surface area contributed by atoms with E-state index in [1.165, 1.54) is 6.20 Å². The summed E-state index contributed by atoms with van der Waals surface area (Å²) < 4.78 is 5.16. The zero-order valence-corrected chi connectivity index (χ0v) is 24.4.